The molecule has 3 aromatic rings. The van der Waals surface area contributed by atoms with Crippen molar-refractivity contribution >= 4 is 5.65 Å². The zero-order chi connectivity index (χ0) is 19.4. The molecule has 6 heteroatoms. The van der Waals surface area contributed by atoms with E-state index in [-0.39, 0.29) is 23.6 Å². The summed E-state index contributed by atoms with van der Waals surface area (Å²) in [6, 6.07) is 10.4. The van der Waals surface area contributed by atoms with Gasteiger partial charge in [-0.2, -0.15) is 0 Å². The van der Waals surface area contributed by atoms with Crippen molar-refractivity contribution < 1.29 is 13.9 Å². The van der Waals surface area contributed by atoms with Gasteiger partial charge in [-0.1, -0.05) is 31.0 Å². The Balaban J connectivity index is 1.61. The van der Waals surface area contributed by atoms with E-state index in [0.717, 1.165) is 49.3 Å². The van der Waals surface area contributed by atoms with Crippen LogP contribution in [0.2, 0.25) is 0 Å². The van der Waals surface area contributed by atoms with Gasteiger partial charge in [0.05, 0.1) is 0 Å². The molecule has 1 aromatic carbocycles. The topological polar surface area (TPSA) is 48.7 Å². The van der Waals surface area contributed by atoms with Gasteiger partial charge in [0.1, 0.15) is 12.4 Å². The van der Waals surface area contributed by atoms with E-state index in [2.05, 4.69) is 14.6 Å². The molecule has 28 heavy (non-hydrogen) atoms. The van der Waals surface area contributed by atoms with Crippen LogP contribution in [0.15, 0.2) is 42.6 Å². The molecule has 148 valence electrons. The maximum atomic E-state index is 13.8. The zero-order valence-electron chi connectivity index (χ0n) is 16.2. The smallest absolute Gasteiger partial charge is 0.167 e. The summed E-state index contributed by atoms with van der Waals surface area (Å²) >= 11 is 0. The van der Waals surface area contributed by atoms with Crippen molar-refractivity contribution in [2.24, 2.45) is 0 Å². The number of pyridine rings is 1. The molecule has 1 aliphatic rings. The lowest BCUT2D eigenvalue weighted by molar-refractivity contribution is 0.181. The Bertz CT molecular complexity index is 934. The van der Waals surface area contributed by atoms with Crippen molar-refractivity contribution in [2.45, 2.75) is 50.5 Å². The van der Waals surface area contributed by atoms with Gasteiger partial charge in [-0.25, -0.2) is 4.39 Å². The van der Waals surface area contributed by atoms with E-state index in [0.29, 0.717) is 0 Å². The Kier molecular flexibility index (Phi) is 5.57. The Hall–Kier alpha value is -2.47. The van der Waals surface area contributed by atoms with Crippen LogP contribution in [-0.2, 0) is 16.8 Å². The second-order valence-corrected chi connectivity index (χ2v) is 7.55. The van der Waals surface area contributed by atoms with Crippen molar-refractivity contribution in [2.75, 3.05) is 13.7 Å². The summed E-state index contributed by atoms with van der Waals surface area (Å²) in [6.45, 7) is 1.01. The van der Waals surface area contributed by atoms with Crippen LogP contribution in [-0.4, -0.2) is 28.3 Å². The molecule has 0 atom stereocenters. The van der Waals surface area contributed by atoms with Crippen molar-refractivity contribution in [3.8, 4) is 5.75 Å². The van der Waals surface area contributed by atoms with Gasteiger partial charge in [0.25, 0.3) is 0 Å². The molecular formula is C22H26FN3O2. The number of aromatic nitrogens is 3. The molecule has 1 saturated carbocycles. The fourth-order valence-corrected chi connectivity index (χ4v) is 4.35. The van der Waals surface area contributed by atoms with Gasteiger partial charge in [-0.15, -0.1) is 10.2 Å². The van der Waals surface area contributed by atoms with Crippen molar-refractivity contribution in [1.82, 2.24) is 14.6 Å². The molecule has 2 aromatic heterocycles. The maximum Gasteiger partial charge on any atom is 0.167 e. The normalized spacial score (nSPS) is 15.9. The third-order valence-electron chi connectivity index (χ3n) is 5.77. The molecule has 5 nitrogen and oxygen atoms in total. The first-order valence-corrected chi connectivity index (χ1v) is 9.93. The number of hydrogen-bond acceptors (Lipinski definition) is 4. The van der Waals surface area contributed by atoms with Crippen LogP contribution in [0, 0.1) is 5.82 Å². The lowest BCUT2D eigenvalue weighted by Crippen LogP contribution is -2.26. The van der Waals surface area contributed by atoms with Gasteiger partial charge >= 0.3 is 0 Å². The molecule has 4 rings (SSSR count). The lowest BCUT2D eigenvalue weighted by Gasteiger charge is -2.27. The quantitative estimate of drug-likeness (QED) is 0.530. The summed E-state index contributed by atoms with van der Waals surface area (Å²) in [7, 11) is 1.75. The third-order valence-corrected chi connectivity index (χ3v) is 5.77. The minimum Gasteiger partial charge on any atom is -0.486 e. The van der Waals surface area contributed by atoms with E-state index in [1.165, 1.54) is 18.9 Å². The Morgan fingerprint density at radius 2 is 1.93 bits per heavy atom. The second kappa shape index (κ2) is 8.27. The van der Waals surface area contributed by atoms with E-state index in [1.807, 2.05) is 18.3 Å². The number of benzene rings is 1. The van der Waals surface area contributed by atoms with E-state index in [1.54, 1.807) is 25.3 Å². The number of hydrogen-bond donors (Lipinski definition) is 0. The van der Waals surface area contributed by atoms with Crippen molar-refractivity contribution in [3.63, 3.8) is 0 Å². The number of methoxy groups -OCH3 is 1. The molecule has 0 N–H and O–H groups in total. The van der Waals surface area contributed by atoms with Gasteiger partial charge in [0, 0.05) is 30.9 Å². The molecular weight excluding hydrogens is 357 g/mol. The number of para-hydroxylation sites is 1. The highest BCUT2D eigenvalue weighted by Crippen LogP contribution is 2.44. The molecule has 0 unspecified atom stereocenters. The Morgan fingerprint density at radius 1 is 1.11 bits per heavy atom. The standard InChI is InChI=1S/C22H26FN3O2/c1-27-15-7-13-22(11-4-5-12-22)21-25-24-20-17(8-6-14-26(20)21)16-28-19-10-3-2-9-18(19)23/h2-3,6,8-10,14H,4-5,7,11-13,15-16H2,1H3. The summed E-state index contributed by atoms with van der Waals surface area (Å²) in [4.78, 5) is 0. The highest BCUT2D eigenvalue weighted by atomic mass is 19.1. The first-order valence-electron chi connectivity index (χ1n) is 9.93. The average Bonchev–Trinajstić information content (AvgIpc) is 3.35. The third kappa shape index (κ3) is 3.61. The molecule has 0 amide bonds. The Morgan fingerprint density at radius 3 is 2.71 bits per heavy atom. The van der Waals surface area contributed by atoms with Crippen LogP contribution in [0.3, 0.4) is 0 Å². The number of halogens is 1. The lowest BCUT2D eigenvalue weighted by atomic mass is 9.80. The molecule has 0 aliphatic heterocycles. The number of fused-ring (bicyclic) bond motifs is 1. The van der Waals surface area contributed by atoms with Crippen LogP contribution in [0.1, 0.15) is 49.9 Å². The van der Waals surface area contributed by atoms with Crippen LogP contribution < -0.4 is 4.74 Å². The van der Waals surface area contributed by atoms with E-state index >= 15 is 0 Å². The SMILES string of the molecule is COCCCC1(c2nnc3c(COc4ccccc4F)cccn23)CCCC1. The highest BCUT2D eigenvalue weighted by Gasteiger charge is 2.39. The number of rotatable bonds is 8. The van der Waals surface area contributed by atoms with E-state index in [9.17, 15) is 4.39 Å². The summed E-state index contributed by atoms with van der Waals surface area (Å²) in [5, 5.41) is 9.08. The minimum atomic E-state index is -0.361. The summed E-state index contributed by atoms with van der Waals surface area (Å²) in [6.07, 6.45) is 8.80. The molecule has 0 saturated heterocycles. The molecule has 0 bridgehead atoms. The summed E-state index contributed by atoms with van der Waals surface area (Å²) < 4.78 is 26.9. The minimum absolute atomic E-state index is 0.0585. The van der Waals surface area contributed by atoms with Crippen LogP contribution in [0.4, 0.5) is 4.39 Å². The largest absolute Gasteiger partial charge is 0.486 e. The van der Waals surface area contributed by atoms with Gasteiger partial charge in [0.15, 0.2) is 17.2 Å². The fourth-order valence-electron chi connectivity index (χ4n) is 4.35. The first kappa shape index (κ1) is 18.9. The van der Waals surface area contributed by atoms with Crippen LogP contribution >= 0.6 is 0 Å². The zero-order valence-corrected chi connectivity index (χ0v) is 16.2. The molecule has 1 fully saturated rings. The Labute approximate surface area is 164 Å². The second-order valence-electron chi connectivity index (χ2n) is 7.55. The molecule has 0 spiro atoms. The monoisotopic (exact) mass is 383 g/mol. The van der Waals surface area contributed by atoms with Gasteiger partial charge in [-0.05, 0) is 43.9 Å². The maximum absolute atomic E-state index is 13.8. The van der Waals surface area contributed by atoms with Crippen molar-refractivity contribution in [1.29, 1.82) is 0 Å². The fraction of sp³-hybridized carbons (Fsp3) is 0.455. The first-order chi connectivity index (χ1) is 13.7. The van der Waals surface area contributed by atoms with Gasteiger partial charge in [-0.3, -0.25) is 4.40 Å². The van der Waals surface area contributed by atoms with Gasteiger partial charge in [0.2, 0.25) is 0 Å². The van der Waals surface area contributed by atoms with Crippen LogP contribution in [0.25, 0.3) is 5.65 Å². The number of nitrogens with zero attached hydrogens (tertiary/aromatic N) is 3. The van der Waals surface area contributed by atoms with E-state index < -0.39 is 0 Å². The summed E-state index contributed by atoms with van der Waals surface area (Å²) in [5.41, 5.74) is 1.74. The average molecular weight is 383 g/mol. The van der Waals surface area contributed by atoms with Crippen LogP contribution in [0.5, 0.6) is 5.75 Å². The highest BCUT2D eigenvalue weighted by molar-refractivity contribution is 5.48. The predicted octanol–water partition coefficient (Wildman–Crippen LogP) is 4.69. The summed E-state index contributed by atoms with van der Waals surface area (Å²) in [5.74, 6) is 0.916. The van der Waals surface area contributed by atoms with Gasteiger partial charge < -0.3 is 9.47 Å². The van der Waals surface area contributed by atoms with E-state index in [4.69, 9.17) is 9.47 Å². The number of ether oxygens (including phenoxy) is 2. The van der Waals surface area contributed by atoms with Crippen molar-refractivity contribution in [3.05, 3.63) is 59.8 Å². The molecule has 2 heterocycles. The molecule has 0 radical (unpaired) electrons. The predicted molar refractivity (Wildman–Crippen MR) is 105 cm³/mol. The molecule has 1 aliphatic carbocycles.